The van der Waals surface area contributed by atoms with Crippen molar-refractivity contribution in [2.75, 3.05) is 13.7 Å². The fourth-order valence-corrected chi connectivity index (χ4v) is 3.27. The van der Waals surface area contributed by atoms with Crippen molar-refractivity contribution >= 4 is 17.7 Å². The van der Waals surface area contributed by atoms with E-state index >= 15 is 0 Å². The highest BCUT2D eigenvalue weighted by atomic mass is 32.2. The van der Waals surface area contributed by atoms with Crippen LogP contribution < -0.4 is 5.73 Å². The lowest BCUT2D eigenvalue weighted by Gasteiger charge is -2.17. The quantitative estimate of drug-likeness (QED) is 0.599. The van der Waals surface area contributed by atoms with Crippen LogP contribution in [0.2, 0.25) is 0 Å². The van der Waals surface area contributed by atoms with Crippen molar-refractivity contribution < 1.29 is 14.3 Å². The molecule has 7 nitrogen and oxygen atoms in total. The normalized spacial score (nSPS) is 20.8. The van der Waals surface area contributed by atoms with Crippen molar-refractivity contribution in [2.24, 2.45) is 5.73 Å². The molecule has 1 aromatic rings. The van der Waals surface area contributed by atoms with Crippen LogP contribution in [-0.4, -0.2) is 45.8 Å². The van der Waals surface area contributed by atoms with Gasteiger partial charge in [0.15, 0.2) is 11.0 Å². The van der Waals surface area contributed by atoms with Gasteiger partial charge < -0.3 is 19.8 Å². The number of ether oxygens (including phenoxy) is 2. The van der Waals surface area contributed by atoms with E-state index in [2.05, 4.69) is 10.2 Å². The highest BCUT2D eigenvalue weighted by Gasteiger charge is 2.25. The standard InChI is InChI=1S/C14H24N4O3S/c1-4-11(15)12-16-17-14(22-9(2)13(19)20-3)18(12)8-10-6-5-7-21-10/h9-11H,4-8,15H2,1-3H3. The third-order valence-corrected chi connectivity index (χ3v) is 4.80. The molecule has 0 aromatic carbocycles. The van der Waals surface area contributed by atoms with Gasteiger partial charge in [-0.2, -0.15) is 0 Å². The monoisotopic (exact) mass is 328 g/mol. The zero-order valence-electron chi connectivity index (χ0n) is 13.3. The van der Waals surface area contributed by atoms with Crippen molar-refractivity contribution in [1.29, 1.82) is 0 Å². The van der Waals surface area contributed by atoms with E-state index in [-0.39, 0.29) is 23.4 Å². The highest BCUT2D eigenvalue weighted by Crippen LogP contribution is 2.27. The van der Waals surface area contributed by atoms with Crippen LogP contribution in [0.4, 0.5) is 0 Å². The van der Waals surface area contributed by atoms with Gasteiger partial charge in [0, 0.05) is 6.61 Å². The predicted molar refractivity (Wildman–Crippen MR) is 83.6 cm³/mol. The Bertz CT molecular complexity index is 502. The largest absolute Gasteiger partial charge is 0.468 e. The Labute approximate surface area is 134 Å². The molecule has 2 N–H and O–H groups in total. The van der Waals surface area contributed by atoms with Gasteiger partial charge >= 0.3 is 5.97 Å². The molecule has 1 aromatic heterocycles. The molecular formula is C14H24N4O3S. The predicted octanol–water partition coefficient (Wildman–Crippen LogP) is 1.52. The van der Waals surface area contributed by atoms with Gasteiger partial charge in [-0.05, 0) is 26.2 Å². The topological polar surface area (TPSA) is 92.3 Å². The molecule has 0 bridgehead atoms. The summed E-state index contributed by atoms with van der Waals surface area (Å²) in [6.07, 6.45) is 3.03. The molecule has 1 aliphatic rings. The van der Waals surface area contributed by atoms with Gasteiger partial charge in [0.05, 0.1) is 25.8 Å². The summed E-state index contributed by atoms with van der Waals surface area (Å²) in [6, 6.07) is -0.170. The molecule has 0 saturated carbocycles. The van der Waals surface area contributed by atoms with Crippen LogP contribution in [0.3, 0.4) is 0 Å². The number of methoxy groups -OCH3 is 1. The zero-order valence-corrected chi connectivity index (χ0v) is 14.1. The van der Waals surface area contributed by atoms with Crippen molar-refractivity contribution in [3.05, 3.63) is 5.82 Å². The summed E-state index contributed by atoms with van der Waals surface area (Å²) in [6.45, 7) is 5.27. The Kier molecular flexibility index (Phi) is 6.22. The van der Waals surface area contributed by atoms with Crippen LogP contribution >= 0.6 is 11.8 Å². The molecular weight excluding hydrogens is 304 g/mol. The number of esters is 1. The molecule has 0 aliphatic carbocycles. The summed E-state index contributed by atoms with van der Waals surface area (Å²) in [7, 11) is 1.38. The molecule has 1 saturated heterocycles. The van der Waals surface area contributed by atoms with E-state index < -0.39 is 0 Å². The molecule has 0 amide bonds. The Morgan fingerprint density at radius 1 is 1.59 bits per heavy atom. The lowest BCUT2D eigenvalue weighted by atomic mass is 10.2. The first-order chi connectivity index (χ1) is 10.6. The summed E-state index contributed by atoms with van der Waals surface area (Å²) in [5.74, 6) is 0.468. The summed E-state index contributed by atoms with van der Waals surface area (Å²) in [4.78, 5) is 11.6. The van der Waals surface area contributed by atoms with E-state index in [1.165, 1.54) is 18.9 Å². The molecule has 3 unspecified atom stereocenters. The fourth-order valence-electron chi connectivity index (χ4n) is 2.38. The molecule has 3 atom stereocenters. The minimum absolute atomic E-state index is 0.159. The number of hydrogen-bond donors (Lipinski definition) is 1. The van der Waals surface area contributed by atoms with Gasteiger partial charge in [0.1, 0.15) is 5.25 Å². The SMILES string of the molecule is CCC(N)c1nnc(SC(C)C(=O)OC)n1CC1CCCO1. The summed E-state index contributed by atoms with van der Waals surface area (Å²) < 4.78 is 12.5. The average molecular weight is 328 g/mol. The first-order valence-electron chi connectivity index (χ1n) is 7.61. The Morgan fingerprint density at radius 3 is 2.95 bits per heavy atom. The van der Waals surface area contributed by atoms with Gasteiger partial charge in [0.25, 0.3) is 0 Å². The Hall–Kier alpha value is -1.12. The second-order valence-electron chi connectivity index (χ2n) is 5.38. The molecule has 22 heavy (non-hydrogen) atoms. The van der Waals surface area contributed by atoms with Crippen LogP contribution in [0.1, 0.15) is 45.0 Å². The molecule has 0 radical (unpaired) electrons. The van der Waals surface area contributed by atoms with Gasteiger partial charge in [-0.25, -0.2) is 0 Å². The number of nitrogens with zero attached hydrogens (tertiary/aromatic N) is 3. The highest BCUT2D eigenvalue weighted by molar-refractivity contribution is 8.00. The number of carbonyl (C=O) groups excluding carboxylic acids is 1. The fraction of sp³-hybridized carbons (Fsp3) is 0.786. The third-order valence-electron chi connectivity index (χ3n) is 3.74. The van der Waals surface area contributed by atoms with Gasteiger partial charge in [-0.1, -0.05) is 18.7 Å². The lowest BCUT2D eigenvalue weighted by molar-refractivity contribution is -0.139. The molecule has 2 heterocycles. The van der Waals surface area contributed by atoms with E-state index in [0.29, 0.717) is 11.7 Å². The van der Waals surface area contributed by atoms with E-state index in [1.807, 2.05) is 11.5 Å². The summed E-state index contributed by atoms with van der Waals surface area (Å²) in [5.41, 5.74) is 6.13. The van der Waals surface area contributed by atoms with E-state index in [4.69, 9.17) is 15.2 Å². The Balaban J connectivity index is 2.20. The number of aromatic nitrogens is 3. The maximum Gasteiger partial charge on any atom is 0.318 e. The number of carbonyl (C=O) groups is 1. The van der Waals surface area contributed by atoms with Gasteiger partial charge in [-0.3, -0.25) is 4.79 Å². The van der Waals surface area contributed by atoms with E-state index in [9.17, 15) is 4.79 Å². The molecule has 124 valence electrons. The maximum atomic E-state index is 11.6. The molecule has 2 rings (SSSR count). The van der Waals surface area contributed by atoms with Crippen LogP contribution in [0.25, 0.3) is 0 Å². The van der Waals surface area contributed by atoms with Crippen molar-refractivity contribution in [3.8, 4) is 0 Å². The number of rotatable bonds is 7. The van der Waals surface area contributed by atoms with Crippen molar-refractivity contribution in [1.82, 2.24) is 14.8 Å². The van der Waals surface area contributed by atoms with Crippen molar-refractivity contribution in [3.63, 3.8) is 0 Å². The zero-order chi connectivity index (χ0) is 16.1. The first kappa shape index (κ1) is 17.2. The molecule has 0 spiro atoms. The second kappa shape index (κ2) is 7.94. The Morgan fingerprint density at radius 2 is 2.36 bits per heavy atom. The molecule has 1 aliphatic heterocycles. The summed E-state index contributed by atoms with van der Waals surface area (Å²) >= 11 is 1.34. The second-order valence-corrected chi connectivity index (χ2v) is 6.69. The maximum absolute atomic E-state index is 11.6. The van der Waals surface area contributed by atoms with Gasteiger partial charge in [0.2, 0.25) is 0 Å². The summed E-state index contributed by atoms with van der Waals surface area (Å²) in [5, 5.41) is 8.79. The van der Waals surface area contributed by atoms with Crippen LogP contribution in [0, 0.1) is 0 Å². The average Bonchev–Trinajstić information content (AvgIpc) is 3.17. The van der Waals surface area contributed by atoms with E-state index in [0.717, 1.165) is 31.7 Å². The minimum Gasteiger partial charge on any atom is -0.468 e. The van der Waals surface area contributed by atoms with Crippen LogP contribution in [0.5, 0.6) is 0 Å². The number of thioether (sulfide) groups is 1. The number of nitrogens with two attached hydrogens (primary N) is 1. The third kappa shape index (κ3) is 3.99. The smallest absolute Gasteiger partial charge is 0.318 e. The van der Waals surface area contributed by atoms with Crippen molar-refractivity contribution in [2.45, 2.75) is 62.2 Å². The van der Waals surface area contributed by atoms with Gasteiger partial charge in [-0.15, -0.1) is 10.2 Å². The molecule has 1 fully saturated rings. The van der Waals surface area contributed by atoms with Crippen LogP contribution in [-0.2, 0) is 20.8 Å². The minimum atomic E-state index is -0.344. The molecule has 8 heteroatoms. The number of hydrogen-bond acceptors (Lipinski definition) is 7. The van der Waals surface area contributed by atoms with E-state index in [1.54, 1.807) is 6.92 Å². The lowest BCUT2D eigenvalue weighted by Crippen LogP contribution is -2.23. The van der Waals surface area contributed by atoms with Crippen LogP contribution in [0.15, 0.2) is 5.16 Å². The first-order valence-corrected chi connectivity index (χ1v) is 8.49.